The van der Waals surface area contributed by atoms with E-state index >= 15 is 0 Å². The predicted octanol–water partition coefficient (Wildman–Crippen LogP) is 3.52. The van der Waals surface area contributed by atoms with Crippen molar-refractivity contribution in [1.29, 1.82) is 0 Å². The van der Waals surface area contributed by atoms with Gasteiger partial charge in [-0.25, -0.2) is 0 Å². The van der Waals surface area contributed by atoms with E-state index in [-0.39, 0.29) is 6.04 Å². The van der Waals surface area contributed by atoms with Gasteiger partial charge in [-0.15, -0.1) is 0 Å². The Balaban J connectivity index is 1.65. The molecule has 2 saturated carbocycles. The predicted molar refractivity (Wildman–Crippen MR) is 73.5 cm³/mol. The SMILES string of the molecule is COc1cccc(C(N)CC2CC3CCC2C3)c1. The van der Waals surface area contributed by atoms with Crippen LogP contribution in [-0.2, 0) is 0 Å². The smallest absolute Gasteiger partial charge is 0.119 e. The average molecular weight is 245 g/mol. The molecule has 2 nitrogen and oxygen atoms in total. The third kappa shape index (κ3) is 2.26. The van der Waals surface area contributed by atoms with E-state index in [1.54, 1.807) is 7.11 Å². The minimum Gasteiger partial charge on any atom is -0.497 e. The highest BCUT2D eigenvalue weighted by atomic mass is 16.5. The lowest BCUT2D eigenvalue weighted by Crippen LogP contribution is -2.19. The van der Waals surface area contributed by atoms with Crippen molar-refractivity contribution in [3.63, 3.8) is 0 Å². The summed E-state index contributed by atoms with van der Waals surface area (Å²) < 4.78 is 5.27. The van der Waals surface area contributed by atoms with Crippen LogP contribution >= 0.6 is 0 Å². The van der Waals surface area contributed by atoms with Gasteiger partial charge in [-0.1, -0.05) is 18.6 Å². The maximum absolute atomic E-state index is 6.37. The molecular weight excluding hydrogens is 222 g/mol. The van der Waals surface area contributed by atoms with E-state index in [1.165, 1.54) is 31.2 Å². The lowest BCUT2D eigenvalue weighted by molar-refractivity contribution is 0.296. The zero-order chi connectivity index (χ0) is 12.5. The highest BCUT2D eigenvalue weighted by Crippen LogP contribution is 2.50. The monoisotopic (exact) mass is 245 g/mol. The molecule has 0 amide bonds. The summed E-state index contributed by atoms with van der Waals surface area (Å²) in [5.74, 6) is 3.75. The van der Waals surface area contributed by atoms with Gasteiger partial charge in [0.2, 0.25) is 0 Å². The van der Waals surface area contributed by atoms with Gasteiger partial charge in [-0.2, -0.15) is 0 Å². The lowest BCUT2D eigenvalue weighted by atomic mass is 9.83. The van der Waals surface area contributed by atoms with Crippen LogP contribution in [0.3, 0.4) is 0 Å². The van der Waals surface area contributed by atoms with Crippen LogP contribution in [0.15, 0.2) is 24.3 Å². The Morgan fingerprint density at radius 3 is 2.89 bits per heavy atom. The lowest BCUT2D eigenvalue weighted by Gasteiger charge is -2.25. The minimum atomic E-state index is 0.171. The molecule has 98 valence electrons. The largest absolute Gasteiger partial charge is 0.497 e. The molecule has 1 aromatic carbocycles. The van der Waals surface area contributed by atoms with Gasteiger partial charge in [0.1, 0.15) is 5.75 Å². The Morgan fingerprint density at radius 2 is 2.22 bits per heavy atom. The van der Waals surface area contributed by atoms with Crippen molar-refractivity contribution in [2.75, 3.05) is 7.11 Å². The fourth-order valence-electron chi connectivity index (χ4n) is 4.00. The van der Waals surface area contributed by atoms with E-state index in [2.05, 4.69) is 12.1 Å². The molecule has 18 heavy (non-hydrogen) atoms. The first kappa shape index (κ1) is 12.0. The van der Waals surface area contributed by atoms with E-state index < -0.39 is 0 Å². The van der Waals surface area contributed by atoms with Gasteiger partial charge in [-0.05, 0) is 61.1 Å². The molecule has 2 aliphatic rings. The first-order valence-corrected chi connectivity index (χ1v) is 7.16. The molecule has 1 aromatic rings. The van der Waals surface area contributed by atoms with Crippen LogP contribution in [0.5, 0.6) is 5.75 Å². The number of nitrogens with two attached hydrogens (primary N) is 1. The molecule has 0 spiro atoms. The van der Waals surface area contributed by atoms with Gasteiger partial charge in [0.25, 0.3) is 0 Å². The molecule has 4 atom stereocenters. The van der Waals surface area contributed by atoms with Crippen LogP contribution in [0.1, 0.15) is 43.7 Å². The first-order chi connectivity index (χ1) is 8.76. The zero-order valence-electron chi connectivity index (χ0n) is 11.1. The molecule has 2 aliphatic carbocycles. The molecule has 3 rings (SSSR count). The number of hydrogen-bond acceptors (Lipinski definition) is 2. The zero-order valence-corrected chi connectivity index (χ0v) is 11.1. The second kappa shape index (κ2) is 4.93. The van der Waals surface area contributed by atoms with E-state index in [0.29, 0.717) is 0 Å². The standard InChI is InChI=1S/C16H23NO/c1-18-15-4-2-3-13(9-15)16(17)10-14-8-11-5-6-12(14)7-11/h2-4,9,11-12,14,16H,5-8,10,17H2,1H3. The molecule has 0 heterocycles. The quantitative estimate of drug-likeness (QED) is 0.881. The maximum Gasteiger partial charge on any atom is 0.119 e. The second-order valence-electron chi connectivity index (χ2n) is 6.05. The van der Waals surface area contributed by atoms with Gasteiger partial charge < -0.3 is 10.5 Å². The van der Waals surface area contributed by atoms with Crippen LogP contribution in [0.4, 0.5) is 0 Å². The number of benzene rings is 1. The van der Waals surface area contributed by atoms with Crippen molar-refractivity contribution in [3.8, 4) is 5.75 Å². The fourth-order valence-corrected chi connectivity index (χ4v) is 4.00. The third-order valence-corrected chi connectivity index (χ3v) is 4.96. The van der Waals surface area contributed by atoms with E-state index in [0.717, 1.165) is 29.9 Å². The van der Waals surface area contributed by atoms with Gasteiger partial charge in [0.05, 0.1) is 7.11 Å². The molecule has 0 radical (unpaired) electrons. The highest BCUT2D eigenvalue weighted by molar-refractivity contribution is 5.30. The number of hydrogen-bond donors (Lipinski definition) is 1. The van der Waals surface area contributed by atoms with Crippen molar-refractivity contribution in [2.24, 2.45) is 23.5 Å². The summed E-state index contributed by atoms with van der Waals surface area (Å²) in [7, 11) is 1.71. The Bertz CT molecular complexity index is 417. The molecular formula is C16H23NO. The third-order valence-electron chi connectivity index (χ3n) is 4.96. The summed E-state index contributed by atoms with van der Waals surface area (Å²) >= 11 is 0. The van der Waals surface area contributed by atoms with Crippen molar-refractivity contribution in [2.45, 2.75) is 38.1 Å². The Hall–Kier alpha value is -1.02. The van der Waals surface area contributed by atoms with Gasteiger partial charge >= 0.3 is 0 Å². The van der Waals surface area contributed by atoms with Gasteiger partial charge in [-0.3, -0.25) is 0 Å². The minimum absolute atomic E-state index is 0.171. The molecule has 0 aliphatic heterocycles. The molecule has 0 saturated heterocycles. The van der Waals surface area contributed by atoms with Crippen molar-refractivity contribution < 1.29 is 4.74 Å². The average Bonchev–Trinajstić information content (AvgIpc) is 3.01. The summed E-state index contributed by atoms with van der Waals surface area (Å²) in [5.41, 5.74) is 7.59. The number of ether oxygens (including phenoxy) is 1. The van der Waals surface area contributed by atoms with E-state index in [1.807, 2.05) is 12.1 Å². The number of fused-ring (bicyclic) bond motifs is 2. The van der Waals surface area contributed by atoms with Crippen molar-refractivity contribution in [3.05, 3.63) is 29.8 Å². The van der Waals surface area contributed by atoms with Crippen LogP contribution in [0, 0.1) is 17.8 Å². The maximum atomic E-state index is 6.37. The summed E-state index contributed by atoms with van der Waals surface area (Å²) in [5, 5.41) is 0. The topological polar surface area (TPSA) is 35.2 Å². The van der Waals surface area contributed by atoms with Crippen molar-refractivity contribution in [1.82, 2.24) is 0 Å². The van der Waals surface area contributed by atoms with Crippen LogP contribution in [0.2, 0.25) is 0 Å². The van der Waals surface area contributed by atoms with Crippen LogP contribution in [0.25, 0.3) is 0 Å². The molecule has 2 N–H and O–H groups in total. The summed E-state index contributed by atoms with van der Waals surface area (Å²) in [6, 6.07) is 8.39. The van der Waals surface area contributed by atoms with E-state index in [4.69, 9.17) is 10.5 Å². The summed E-state index contributed by atoms with van der Waals surface area (Å²) in [6.45, 7) is 0. The van der Waals surface area contributed by atoms with Crippen LogP contribution in [-0.4, -0.2) is 7.11 Å². The normalized spacial score (nSPS) is 31.6. The van der Waals surface area contributed by atoms with Gasteiger partial charge in [0, 0.05) is 6.04 Å². The summed E-state index contributed by atoms with van der Waals surface area (Å²) in [4.78, 5) is 0. The number of rotatable bonds is 4. The Kier molecular flexibility index (Phi) is 3.29. The van der Waals surface area contributed by atoms with Crippen LogP contribution < -0.4 is 10.5 Å². The highest BCUT2D eigenvalue weighted by Gasteiger charge is 2.39. The molecule has 2 bridgehead atoms. The molecule has 0 aromatic heterocycles. The molecule has 4 unspecified atom stereocenters. The van der Waals surface area contributed by atoms with Crippen molar-refractivity contribution >= 4 is 0 Å². The fraction of sp³-hybridized carbons (Fsp3) is 0.625. The Morgan fingerprint density at radius 1 is 1.33 bits per heavy atom. The first-order valence-electron chi connectivity index (χ1n) is 7.16. The molecule has 2 heteroatoms. The summed E-state index contributed by atoms with van der Waals surface area (Å²) in [6.07, 6.45) is 6.95. The number of methoxy groups -OCH3 is 1. The molecule has 2 fully saturated rings. The Labute approximate surface area is 110 Å². The van der Waals surface area contributed by atoms with Gasteiger partial charge in [0.15, 0.2) is 0 Å². The second-order valence-corrected chi connectivity index (χ2v) is 6.05. The van der Waals surface area contributed by atoms with E-state index in [9.17, 15) is 0 Å².